The van der Waals surface area contributed by atoms with Gasteiger partial charge in [0, 0.05) is 18.0 Å². The number of rotatable bonds is 2. The molecule has 0 spiro atoms. The van der Waals surface area contributed by atoms with Crippen molar-refractivity contribution in [3.63, 3.8) is 0 Å². The van der Waals surface area contributed by atoms with Crippen LogP contribution in [-0.2, 0) is 0 Å². The third kappa shape index (κ3) is 1.87. The highest BCUT2D eigenvalue weighted by Crippen LogP contribution is 2.24. The van der Waals surface area contributed by atoms with Crippen LogP contribution >= 0.6 is 11.3 Å². The Morgan fingerprint density at radius 1 is 1.56 bits per heavy atom. The third-order valence-corrected chi connectivity index (χ3v) is 3.00. The number of hydrogen-bond donors (Lipinski definition) is 2. The highest BCUT2D eigenvalue weighted by molar-refractivity contribution is 7.15. The van der Waals surface area contributed by atoms with Gasteiger partial charge < -0.3 is 10.1 Å². The van der Waals surface area contributed by atoms with E-state index in [1.807, 2.05) is 6.92 Å². The van der Waals surface area contributed by atoms with E-state index in [0.717, 1.165) is 9.88 Å². The third-order valence-electron chi connectivity index (χ3n) is 2.04. The maximum atomic E-state index is 11.2. The van der Waals surface area contributed by atoms with Crippen LogP contribution in [0.1, 0.15) is 15.4 Å². The van der Waals surface area contributed by atoms with Crippen molar-refractivity contribution < 1.29 is 9.90 Å². The lowest BCUT2D eigenvalue weighted by atomic mass is 10.2. The molecule has 0 aliphatic rings. The maximum absolute atomic E-state index is 11.2. The van der Waals surface area contributed by atoms with E-state index < -0.39 is 11.5 Å². The summed E-state index contributed by atoms with van der Waals surface area (Å²) in [7, 11) is 0. The molecule has 0 saturated heterocycles. The van der Waals surface area contributed by atoms with Crippen molar-refractivity contribution in [3.8, 4) is 10.4 Å². The van der Waals surface area contributed by atoms with Gasteiger partial charge in [0.1, 0.15) is 5.56 Å². The van der Waals surface area contributed by atoms with Crippen molar-refractivity contribution in [2.75, 3.05) is 0 Å². The molecule has 0 aliphatic carbocycles. The van der Waals surface area contributed by atoms with Crippen molar-refractivity contribution in [2.24, 2.45) is 0 Å². The van der Waals surface area contributed by atoms with Crippen LogP contribution in [0, 0.1) is 6.92 Å². The molecule has 2 N–H and O–H groups in total. The minimum absolute atomic E-state index is 0.261. The molecule has 0 radical (unpaired) electrons. The van der Waals surface area contributed by atoms with Crippen LogP contribution in [0.25, 0.3) is 10.4 Å². The van der Waals surface area contributed by atoms with Gasteiger partial charge in [-0.15, -0.1) is 11.3 Å². The topological polar surface area (TPSA) is 83.0 Å². The number of nitrogens with one attached hydrogen (secondary N) is 1. The summed E-state index contributed by atoms with van der Waals surface area (Å²) in [6.07, 6.45) is 3.14. The fraction of sp³-hybridized carbons (Fsp3) is 0.100. The minimum atomic E-state index is -1.23. The van der Waals surface area contributed by atoms with Crippen LogP contribution in [0.3, 0.4) is 0 Å². The standard InChI is InChI=1S/C10H8N2O3S/c1-5-11-4-8(16-5)6-2-7(10(14)15)9(13)12-3-6/h2-4H,1H3,(H,12,13)(H,14,15). The average molecular weight is 236 g/mol. The van der Waals surface area contributed by atoms with Crippen LogP contribution < -0.4 is 5.56 Å². The molecule has 2 rings (SSSR count). The molecule has 0 amide bonds. The molecule has 0 aromatic carbocycles. The molecule has 82 valence electrons. The normalized spacial score (nSPS) is 10.3. The van der Waals surface area contributed by atoms with Crippen molar-refractivity contribution in [1.82, 2.24) is 9.97 Å². The fourth-order valence-electron chi connectivity index (χ4n) is 1.28. The van der Waals surface area contributed by atoms with Crippen LogP contribution in [-0.4, -0.2) is 21.0 Å². The number of pyridine rings is 1. The SMILES string of the molecule is Cc1ncc(-c2c[nH]c(=O)c(C(=O)O)c2)s1. The summed E-state index contributed by atoms with van der Waals surface area (Å²) in [6.45, 7) is 1.86. The summed E-state index contributed by atoms with van der Waals surface area (Å²) >= 11 is 1.44. The van der Waals surface area contributed by atoms with Crippen molar-refractivity contribution in [1.29, 1.82) is 0 Å². The van der Waals surface area contributed by atoms with Gasteiger partial charge in [0.15, 0.2) is 0 Å². The lowest BCUT2D eigenvalue weighted by molar-refractivity contribution is 0.0695. The Hall–Kier alpha value is -1.95. The summed E-state index contributed by atoms with van der Waals surface area (Å²) < 4.78 is 0. The van der Waals surface area contributed by atoms with Gasteiger partial charge in [-0.3, -0.25) is 4.79 Å². The number of carboxylic acid groups (broad SMARTS) is 1. The first-order chi connectivity index (χ1) is 7.58. The van der Waals surface area contributed by atoms with Gasteiger partial charge in [0.25, 0.3) is 5.56 Å². The van der Waals surface area contributed by atoms with Crippen LogP contribution in [0.2, 0.25) is 0 Å². The molecule has 2 aromatic rings. The molecular weight excluding hydrogens is 228 g/mol. The Balaban J connectivity index is 2.55. The largest absolute Gasteiger partial charge is 0.477 e. The summed E-state index contributed by atoms with van der Waals surface area (Å²) in [4.78, 5) is 29.3. The second-order valence-corrected chi connectivity index (χ2v) is 4.41. The van der Waals surface area contributed by atoms with E-state index in [1.165, 1.54) is 23.6 Å². The lowest BCUT2D eigenvalue weighted by Gasteiger charge is -1.98. The molecular formula is C10H8N2O3S. The number of aryl methyl sites for hydroxylation is 1. The van der Waals surface area contributed by atoms with Crippen LogP contribution in [0.4, 0.5) is 0 Å². The van der Waals surface area contributed by atoms with Crippen LogP contribution in [0.15, 0.2) is 23.3 Å². The van der Waals surface area contributed by atoms with E-state index in [1.54, 1.807) is 6.20 Å². The van der Waals surface area contributed by atoms with E-state index in [9.17, 15) is 9.59 Å². The fourth-order valence-corrected chi connectivity index (χ4v) is 2.04. The molecule has 2 heterocycles. The van der Waals surface area contributed by atoms with Gasteiger partial charge in [-0.2, -0.15) is 0 Å². The number of nitrogens with zero attached hydrogens (tertiary/aromatic N) is 1. The van der Waals surface area contributed by atoms with Gasteiger partial charge in [0.05, 0.1) is 9.88 Å². The molecule has 5 nitrogen and oxygen atoms in total. The number of aromatic carboxylic acids is 1. The Morgan fingerprint density at radius 2 is 2.31 bits per heavy atom. The molecule has 6 heteroatoms. The molecule has 0 saturated carbocycles. The van der Waals surface area contributed by atoms with Gasteiger partial charge in [-0.05, 0) is 13.0 Å². The summed E-state index contributed by atoms with van der Waals surface area (Å²) in [5, 5.41) is 9.70. The van der Waals surface area contributed by atoms with Gasteiger partial charge in [0.2, 0.25) is 0 Å². The number of thiazole rings is 1. The maximum Gasteiger partial charge on any atom is 0.341 e. The summed E-state index contributed by atoms with van der Waals surface area (Å²) in [6, 6.07) is 1.36. The number of aromatic amines is 1. The minimum Gasteiger partial charge on any atom is -0.477 e. The zero-order valence-electron chi connectivity index (χ0n) is 8.35. The first kappa shape index (κ1) is 10.6. The molecule has 0 atom stereocenters. The molecule has 16 heavy (non-hydrogen) atoms. The summed E-state index contributed by atoms with van der Waals surface area (Å²) in [5.41, 5.74) is -0.205. The van der Waals surface area contributed by atoms with E-state index in [4.69, 9.17) is 5.11 Å². The predicted octanol–water partition coefficient (Wildman–Crippen LogP) is 1.51. The highest BCUT2D eigenvalue weighted by atomic mass is 32.1. The lowest BCUT2D eigenvalue weighted by Crippen LogP contribution is -2.16. The zero-order chi connectivity index (χ0) is 11.7. The zero-order valence-corrected chi connectivity index (χ0v) is 9.17. The van der Waals surface area contributed by atoms with E-state index in [-0.39, 0.29) is 5.56 Å². The van der Waals surface area contributed by atoms with E-state index in [2.05, 4.69) is 9.97 Å². The summed E-state index contributed by atoms with van der Waals surface area (Å²) in [5.74, 6) is -1.23. The average Bonchev–Trinajstić information content (AvgIpc) is 2.65. The number of carbonyl (C=O) groups is 1. The Morgan fingerprint density at radius 3 is 2.88 bits per heavy atom. The van der Waals surface area contributed by atoms with Gasteiger partial charge in [-0.25, -0.2) is 9.78 Å². The van der Waals surface area contributed by atoms with E-state index in [0.29, 0.717) is 5.56 Å². The van der Waals surface area contributed by atoms with Crippen molar-refractivity contribution in [2.45, 2.75) is 6.92 Å². The quantitative estimate of drug-likeness (QED) is 0.827. The second kappa shape index (κ2) is 3.90. The van der Waals surface area contributed by atoms with E-state index >= 15 is 0 Å². The van der Waals surface area contributed by atoms with Crippen molar-refractivity contribution in [3.05, 3.63) is 39.4 Å². The number of H-pyrrole nitrogens is 1. The molecule has 0 bridgehead atoms. The molecule has 0 aliphatic heterocycles. The molecule has 0 unspecified atom stereocenters. The number of hydrogen-bond acceptors (Lipinski definition) is 4. The molecule has 2 aromatic heterocycles. The Labute approximate surface area is 94.4 Å². The number of aromatic nitrogens is 2. The molecule has 0 fully saturated rings. The van der Waals surface area contributed by atoms with Gasteiger partial charge >= 0.3 is 5.97 Å². The first-order valence-corrected chi connectivity index (χ1v) is 5.28. The van der Waals surface area contributed by atoms with Crippen molar-refractivity contribution >= 4 is 17.3 Å². The monoisotopic (exact) mass is 236 g/mol. The first-order valence-electron chi connectivity index (χ1n) is 4.47. The highest BCUT2D eigenvalue weighted by Gasteiger charge is 2.11. The smallest absolute Gasteiger partial charge is 0.341 e. The van der Waals surface area contributed by atoms with Crippen LogP contribution in [0.5, 0.6) is 0 Å². The predicted molar refractivity (Wildman–Crippen MR) is 59.9 cm³/mol. The second-order valence-electron chi connectivity index (χ2n) is 3.18. The van der Waals surface area contributed by atoms with Gasteiger partial charge in [-0.1, -0.05) is 0 Å². The number of carboxylic acids is 1. The Bertz CT molecular complexity index is 600. The Kier molecular flexibility index (Phi) is 2.57.